The van der Waals surface area contributed by atoms with Crippen molar-refractivity contribution in [1.29, 1.82) is 0 Å². The molecule has 0 spiro atoms. The van der Waals surface area contributed by atoms with Gasteiger partial charge in [-0.25, -0.2) is 0 Å². The van der Waals surface area contributed by atoms with Gasteiger partial charge in [0.25, 0.3) is 0 Å². The summed E-state index contributed by atoms with van der Waals surface area (Å²) in [7, 11) is 1.72. The van der Waals surface area contributed by atoms with Crippen LogP contribution in [0.3, 0.4) is 0 Å². The fourth-order valence-electron chi connectivity index (χ4n) is 2.87. The smallest absolute Gasteiger partial charge is 0.240 e. The molecule has 104 valence electrons. The van der Waals surface area contributed by atoms with Gasteiger partial charge >= 0.3 is 0 Å². The molecule has 1 aliphatic rings. The molecule has 0 saturated carbocycles. The molecule has 0 bridgehead atoms. The van der Waals surface area contributed by atoms with Crippen LogP contribution >= 0.6 is 0 Å². The van der Waals surface area contributed by atoms with Crippen molar-refractivity contribution in [3.05, 3.63) is 30.1 Å². The molecule has 0 aliphatic carbocycles. The maximum Gasteiger partial charge on any atom is 0.240 e. The summed E-state index contributed by atoms with van der Waals surface area (Å²) in [5.41, 5.74) is 0.889. The van der Waals surface area contributed by atoms with Gasteiger partial charge in [-0.3, -0.25) is 9.78 Å². The van der Waals surface area contributed by atoms with E-state index in [2.05, 4.69) is 21.7 Å². The van der Waals surface area contributed by atoms with Gasteiger partial charge in [-0.15, -0.1) is 0 Å². The molecule has 1 saturated heterocycles. The van der Waals surface area contributed by atoms with Crippen LogP contribution in [-0.2, 0) is 11.2 Å². The van der Waals surface area contributed by atoms with Crippen molar-refractivity contribution in [3.8, 4) is 0 Å². The van der Waals surface area contributed by atoms with Crippen LogP contribution in [0.2, 0.25) is 0 Å². The van der Waals surface area contributed by atoms with Crippen molar-refractivity contribution in [2.75, 3.05) is 13.6 Å². The highest BCUT2D eigenvalue weighted by Crippen LogP contribution is 2.25. The number of amides is 1. The lowest BCUT2D eigenvalue weighted by Crippen LogP contribution is -2.58. The van der Waals surface area contributed by atoms with Gasteiger partial charge in [0.15, 0.2) is 0 Å². The first-order valence-corrected chi connectivity index (χ1v) is 7.13. The highest BCUT2D eigenvalue weighted by molar-refractivity contribution is 5.86. The lowest BCUT2D eigenvalue weighted by molar-refractivity contribution is -0.128. The van der Waals surface area contributed by atoms with Crippen molar-refractivity contribution in [1.82, 2.24) is 15.6 Å². The van der Waals surface area contributed by atoms with E-state index in [1.165, 1.54) is 12.0 Å². The number of aromatic nitrogens is 1. The van der Waals surface area contributed by atoms with E-state index in [1.54, 1.807) is 13.2 Å². The third-order valence-electron chi connectivity index (χ3n) is 3.95. The van der Waals surface area contributed by atoms with E-state index in [0.29, 0.717) is 0 Å². The topological polar surface area (TPSA) is 54.0 Å². The molecule has 2 heterocycles. The summed E-state index contributed by atoms with van der Waals surface area (Å²) in [4.78, 5) is 16.3. The second kappa shape index (κ2) is 6.66. The highest BCUT2D eigenvalue weighted by atomic mass is 16.2. The Morgan fingerprint density at radius 1 is 1.53 bits per heavy atom. The molecule has 19 heavy (non-hydrogen) atoms. The minimum atomic E-state index is -0.352. The summed E-state index contributed by atoms with van der Waals surface area (Å²) in [6.45, 7) is 0.945. The van der Waals surface area contributed by atoms with Crippen LogP contribution in [-0.4, -0.2) is 30.0 Å². The summed E-state index contributed by atoms with van der Waals surface area (Å²) in [6, 6.07) is 4.05. The molecule has 2 N–H and O–H groups in total. The zero-order valence-corrected chi connectivity index (χ0v) is 11.6. The average Bonchev–Trinajstić information content (AvgIpc) is 2.48. The lowest BCUT2D eigenvalue weighted by atomic mass is 9.83. The van der Waals surface area contributed by atoms with Gasteiger partial charge in [-0.2, -0.15) is 0 Å². The minimum absolute atomic E-state index is 0.137. The van der Waals surface area contributed by atoms with Crippen LogP contribution in [0.15, 0.2) is 24.5 Å². The number of nitrogens with zero attached hydrogens (tertiary/aromatic N) is 1. The molecule has 0 radical (unpaired) electrons. The summed E-state index contributed by atoms with van der Waals surface area (Å²) in [6.07, 6.45) is 9.81. The first-order valence-electron chi connectivity index (χ1n) is 7.13. The van der Waals surface area contributed by atoms with E-state index < -0.39 is 0 Å². The lowest BCUT2D eigenvalue weighted by Gasteiger charge is -2.36. The summed E-state index contributed by atoms with van der Waals surface area (Å²) < 4.78 is 0. The molecular formula is C15H23N3O. The van der Waals surface area contributed by atoms with Gasteiger partial charge in [-0.05, 0) is 56.7 Å². The fourth-order valence-corrected chi connectivity index (χ4v) is 2.87. The number of pyridine rings is 1. The molecule has 4 nitrogen and oxygen atoms in total. The summed E-state index contributed by atoms with van der Waals surface area (Å²) in [5.74, 6) is 0.137. The molecule has 1 aliphatic heterocycles. The van der Waals surface area contributed by atoms with Crippen molar-refractivity contribution in [2.24, 2.45) is 0 Å². The predicted molar refractivity (Wildman–Crippen MR) is 75.8 cm³/mol. The number of carbonyl (C=O) groups excluding carboxylic acids is 1. The molecule has 2 rings (SSSR count). The monoisotopic (exact) mass is 261 g/mol. The van der Waals surface area contributed by atoms with Crippen LogP contribution in [0.5, 0.6) is 0 Å². The van der Waals surface area contributed by atoms with Crippen molar-refractivity contribution in [2.45, 2.75) is 44.1 Å². The van der Waals surface area contributed by atoms with Crippen LogP contribution in [0.4, 0.5) is 0 Å². The Labute approximate surface area is 115 Å². The number of piperidine rings is 1. The van der Waals surface area contributed by atoms with E-state index in [-0.39, 0.29) is 11.4 Å². The summed E-state index contributed by atoms with van der Waals surface area (Å²) >= 11 is 0. The van der Waals surface area contributed by atoms with Gasteiger partial charge in [-0.1, -0.05) is 6.07 Å². The van der Waals surface area contributed by atoms with E-state index in [4.69, 9.17) is 0 Å². The van der Waals surface area contributed by atoms with Crippen LogP contribution in [0.25, 0.3) is 0 Å². The van der Waals surface area contributed by atoms with E-state index >= 15 is 0 Å². The molecule has 4 heteroatoms. The Bertz CT molecular complexity index is 399. The normalized spacial score (nSPS) is 23.0. The Morgan fingerprint density at radius 3 is 3.05 bits per heavy atom. The molecular weight excluding hydrogens is 238 g/mol. The number of carbonyl (C=O) groups is 1. The first kappa shape index (κ1) is 14.0. The van der Waals surface area contributed by atoms with Gasteiger partial charge < -0.3 is 10.6 Å². The number of rotatable bonds is 5. The molecule has 0 aromatic carbocycles. The number of nitrogens with one attached hydrogen (secondary N) is 2. The van der Waals surface area contributed by atoms with Crippen LogP contribution in [0, 0.1) is 0 Å². The Morgan fingerprint density at radius 2 is 2.42 bits per heavy atom. The Balaban J connectivity index is 1.91. The maximum absolute atomic E-state index is 12.1. The molecule has 1 atom stereocenters. The highest BCUT2D eigenvalue weighted by Gasteiger charge is 2.37. The molecule has 1 amide bonds. The van der Waals surface area contributed by atoms with Crippen molar-refractivity contribution < 1.29 is 4.79 Å². The van der Waals surface area contributed by atoms with Gasteiger partial charge in [0.2, 0.25) is 5.91 Å². The maximum atomic E-state index is 12.1. The number of hydrogen-bond acceptors (Lipinski definition) is 3. The average molecular weight is 261 g/mol. The van der Waals surface area contributed by atoms with Crippen LogP contribution in [0.1, 0.15) is 37.7 Å². The fraction of sp³-hybridized carbons (Fsp3) is 0.600. The quantitative estimate of drug-likeness (QED) is 0.847. The zero-order chi connectivity index (χ0) is 13.6. The number of aryl methyl sites for hydroxylation is 1. The SMILES string of the molecule is CNC(=O)[C@]1(CCCc2cccnc2)CCCCN1. The second-order valence-electron chi connectivity index (χ2n) is 5.26. The molecule has 0 unspecified atom stereocenters. The first-order chi connectivity index (χ1) is 9.27. The standard InChI is InChI=1S/C15H23N3O/c1-16-14(19)15(8-2-3-11-18-15)9-4-6-13-7-5-10-17-12-13/h5,7,10,12,18H,2-4,6,8-9,11H2,1H3,(H,16,19)/t15-/m1/s1. The van der Waals surface area contributed by atoms with Crippen LogP contribution < -0.4 is 10.6 Å². The Kier molecular flexibility index (Phi) is 4.91. The van der Waals surface area contributed by atoms with Gasteiger partial charge in [0.05, 0.1) is 5.54 Å². The zero-order valence-electron chi connectivity index (χ0n) is 11.6. The van der Waals surface area contributed by atoms with Crippen molar-refractivity contribution >= 4 is 5.91 Å². The number of likely N-dealkylation sites (N-methyl/N-ethyl adjacent to an activating group) is 1. The third kappa shape index (κ3) is 3.53. The predicted octanol–water partition coefficient (Wildman–Crippen LogP) is 1.66. The second-order valence-corrected chi connectivity index (χ2v) is 5.26. The molecule has 1 aromatic heterocycles. The number of hydrogen-bond donors (Lipinski definition) is 2. The molecule has 1 aromatic rings. The third-order valence-corrected chi connectivity index (χ3v) is 3.95. The van der Waals surface area contributed by atoms with Gasteiger partial charge in [0, 0.05) is 19.4 Å². The molecule has 1 fully saturated rings. The largest absolute Gasteiger partial charge is 0.358 e. The van der Waals surface area contributed by atoms with E-state index in [9.17, 15) is 4.79 Å². The van der Waals surface area contributed by atoms with E-state index in [0.717, 1.165) is 38.6 Å². The summed E-state index contributed by atoms with van der Waals surface area (Å²) in [5, 5.41) is 6.25. The van der Waals surface area contributed by atoms with Gasteiger partial charge in [0.1, 0.15) is 0 Å². The van der Waals surface area contributed by atoms with E-state index in [1.807, 2.05) is 12.3 Å². The Hall–Kier alpha value is -1.42. The minimum Gasteiger partial charge on any atom is -0.358 e. The van der Waals surface area contributed by atoms with Crippen molar-refractivity contribution in [3.63, 3.8) is 0 Å².